The second kappa shape index (κ2) is 10.4. The maximum absolute atomic E-state index is 12.7. The first-order valence-corrected chi connectivity index (χ1v) is 14.4. The zero-order valence-electron chi connectivity index (χ0n) is 20.9. The Morgan fingerprint density at radius 2 is 1.84 bits per heavy atom. The molecule has 1 aromatic heterocycles. The van der Waals surface area contributed by atoms with Crippen molar-refractivity contribution >= 4 is 66.2 Å². The van der Waals surface area contributed by atoms with Gasteiger partial charge in [0, 0.05) is 6.26 Å². The van der Waals surface area contributed by atoms with Crippen molar-refractivity contribution in [2.45, 2.75) is 37.4 Å². The second-order valence-electron chi connectivity index (χ2n) is 9.60. The molecule has 0 bridgehead atoms. The van der Waals surface area contributed by atoms with Crippen molar-refractivity contribution in [2.24, 2.45) is 0 Å². The van der Waals surface area contributed by atoms with E-state index in [1.165, 1.54) is 35.2 Å². The Balaban J connectivity index is 1.35. The van der Waals surface area contributed by atoms with Crippen LogP contribution in [0.1, 0.15) is 31.1 Å². The summed E-state index contributed by atoms with van der Waals surface area (Å²) in [4.78, 5) is 43.1. The lowest BCUT2D eigenvalue weighted by atomic mass is 10.1. The van der Waals surface area contributed by atoms with Crippen LogP contribution in [0.25, 0.3) is 10.2 Å². The summed E-state index contributed by atoms with van der Waals surface area (Å²) in [7, 11) is -3.39. The molecule has 14 heteroatoms. The molecule has 202 valence electrons. The van der Waals surface area contributed by atoms with E-state index in [2.05, 4.69) is 15.6 Å². The minimum absolute atomic E-state index is 0.0183. The lowest BCUT2D eigenvalue weighted by molar-refractivity contribution is -0.0221. The lowest BCUT2D eigenvalue weighted by Gasteiger charge is -2.39. The average molecular weight is 581 g/mol. The fraction of sp³-hybridized carbons (Fsp3) is 0.333. The summed E-state index contributed by atoms with van der Waals surface area (Å²) in [5.41, 5.74) is -0.0781. The third kappa shape index (κ3) is 6.71. The number of fused-ring (bicyclic) bond motifs is 1. The largest absolute Gasteiger partial charge is 0.487 e. The molecule has 1 saturated heterocycles. The first-order valence-electron chi connectivity index (χ1n) is 11.3. The van der Waals surface area contributed by atoms with Gasteiger partial charge in [-0.1, -0.05) is 22.9 Å². The monoisotopic (exact) mass is 580 g/mol. The Morgan fingerprint density at radius 3 is 2.50 bits per heavy atom. The van der Waals surface area contributed by atoms with E-state index in [1.807, 2.05) is 0 Å². The molecule has 3 aromatic rings. The number of likely N-dealkylation sites (tertiary alicyclic amines) is 1. The predicted molar refractivity (Wildman–Crippen MR) is 143 cm³/mol. The zero-order valence-corrected chi connectivity index (χ0v) is 23.3. The van der Waals surface area contributed by atoms with Crippen LogP contribution in [-0.2, 0) is 14.6 Å². The summed E-state index contributed by atoms with van der Waals surface area (Å²) < 4.78 is 35.2. The molecule has 0 aliphatic carbocycles. The Hall–Kier alpha value is -3.42. The van der Waals surface area contributed by atoms with Gasteiger partial charge < -0.3 is 14.4 Å². The van der Waals surface area contributed by atoms with E-state index >= 15 is 0 Å². The van der Waals surface area contributed by atoms with Gasteiger partial charge in [-0.25, -0.2) is 23.0 Å². The maximum atomic E-state index is 12.7. The molecule has 0 unspecified atom stereocenters. The predicted octanol–water partition coefficient (Wildman–Crippen LogP) is 4.31. The van der Waals surface area contributed by atoms with E-state index in [9.17, 15) is 22.8 Å². The SMILES string of the molecule is CC(C)(C)OC(=O)N1CC(Oc2ccc(Cl)c(C(=O)NC(=O)Nc3nc4ccc(S(C)(=O)=O)cc4s3)c2)C1. The minimum Gasteiger partial charge on any atom is -0.487 e. The molecule has 2 heterocycles. The maximum Gasteiger partial charge on any atom is 0.410 e. The summed E-state index contributed by atoms with van der Waals surface area (Å²) in [6, 6.07) is 8.06. The highest BCUT2D eigenvalue weighted by Gasteiger charge is 2.35. The Morgan fingerprint density at radius 1 is 1.13 bits per heavy atom. The number of ether oxygens (including phenoxy) is 2. The quantitative estimate of drug-likeness (QED) is 0.454. The molecule has 2 aromatic carbocycles. The summed E-state index contributed by atoms with van der Waals surface area (Å²) in [6.07, 6.45) is 0.386. The van der Waals surface area contributed by atoms with Crippen molar-refractivity contribution in [1.29, 1.82) is 0 Å². The van der Waals surface area contributed by atoms with Crippen LogP contribution in [0.5, 0.6) is 5.75 Å². The third-order valence-corrected chi connectivity index (χ3v) is 7.59. The van der Waals surface area contributed by atoms with Gasteiger partial charge in [0.05, 0.1) is 38.8 Å². The van der Waals surface area contributed by atoms with Crippen molar-refractivity contribution in [3.05, 3.63) is 47.0 Å². The molecule has 4 rings (SSSR count). The molecule has 0 atom stereocenters. The van der Waals surface area contributed by atoms with Crippen molar-refractivity contribution < 1.29 is 32.3 Å². The van der Waals surface area contributed by atoms with Gasteiger partial charge in [0.15, 0.2) is 15.0 Å². The van der Waals surface area contributed by atoms with Crippen LogP contribution < -0.4 is 15.4 Å². The van der Waals surface area contributed by atoms with E-state index in [1.54, 1.807) is 26.8 Å². The lowest BCUT2D eigenvalue weighted by Crippen LogP contribution is -2.57. The van der Waals surface area contributed by atoms with Gasteiger partial charge in [0.1, 0.15) is 17.5 Å². The van der Waals surface area contributed by atoms with Gasteiger partial charge in [-0.2, -0.15) is 0 Å². The number of thiazole rings is 1. The number of nitrogens with zero attached hydrogens (tertiary/aromatic N) is 2. The van der Waals surface area contributed by atoms with Crippen LogP contribution in [0.3, 0.4) is 0 Å². The molecule has 1 aliphatic heterocycles. The number of anilines is 1. The molecule has 38 heavy (non-hydrogen) atoms. The molecule has 4 amide bonds. The fourth-order valence-electron chi connectivity index (χ4n) is 3.42. The average Bonchev–Trinajstić information content (AvgIpc) is 3.16. The van der Waals surface area contributed by atoms with Gasteiger partial charge in [0.25, 0.3) is 5.91 Å². The van der Waals surface area contributed by atoms with E-state index in [-0.39, 0.29) is 26.7 Å². The molecular formula is C24H25ClN4O7S2. The number of sulfone groups is 1. The third-order valence-electron chi connectivity index (χ3n) is 5.22. The molecule has 1 aliphatic rings. The Labute approximate surface area is 228 Å². The number of hydrogen-bond acceptors (Lipinski definition) is 9. The Bertz CT molecular complexity index is 1530. The van der Waals surface area contributed by atoms with Gasteiger partial charge >= 0.3 is 12.1 Å². The van der Waals surface area contributed by atoms with Crippen LogP contribution in [0.2, 0.25) is 5.02 Å². The van der Waals surface area contributed by atoms with Crippen LogP contribution in [0, 0.1) is 0 Å². The van der Waals surface area contributed by atoms with E-state index < -0.39 is 33.5 Å². The standard InChI is InChI=1S/C24H25ClN4O7S2/c1-24(2,3)36-23(32)29-11-14(12-29)35-13-5-7-17(25)16(9-13)20(30)27-21(31)28-22-26-18-8-6-15(38(4,33)34)10-19(18)37-22/h5-10,14H,11-12H2,1-4H3,(H2,26,27,28,30,31). The molecule has 1 fully saturated rings. The number of hydrogen-bond donors (Lipinski definition) is 2. The number of carbonyl (C=O) groups excluding carboxylic acids is 3. The van der Waals surface area contributed by atoms with Crippen molar-refractivity contribution in [1.82, 2.24) is 15.2 Å². The molecular weight excluding hydrogens is 556 g/mol. The number of rotatable bonds is 5. The molecule has 2 N–H and O–H groups in total. The smallest absolute Gasteiger partial charge is 0.410 e. The molecule has 0 saturated carbocycles. The van der Waals surface area contributed by atoms with Gasteiger partial charge in [-0.15, -0.1) is 0 Å². The highest BCUT2D eigenvalue weighted by atomic mass is 35.5. The zero-order chi connectivity index (χ0) is 27.8. The summed E-state index contributed by atoms with van der Waals surface area (Å²) in [5.74, 6) is -0.413. The van der Waals surface area contributed by atoms with Crippen molar-refractivity contribution in [2.75, 3.05) is 24.7 Å². The number of urea groups is 1. The second-order valence-corrected chi connectivity index (χ2v) is 13.0. The number of benzene rings is 2. The van der Waals surface area contributed by atoms with Crippen LogP contribution in [0.4, 0.5) is 14.7 Å². The van der Waals surface area contributed by atoms with Crippen LogP contribution >= 0.6 is 22.9 Å². The highest BCUT2D eigenvalue weighted by molar-refractivity contribution is 7.90. The first kappa shape index (κ1) is 27.6. The summed E-state index contributed by atoms with van der Waals surface area (Å²) in [5, 5.41) is 4.95. The number of nitrogens with one attached hydrogen (secondary N) is 2. The Kier molecular flexibility index (Phi) is 7.55. The van der Waals surface area contributed by atoms with Crippen molar-refractivity contribution in [3.63, 3.8) is 0 Å². The van der Waals surface area contributed by atoms with E-state index in [4.69, 9.17) is 21.1 Å². The highest BCUT2D eigenvalue weighted by Crippen LogP contribution is 2.29. The van der Waals surface area contributed by atoms with E-state index in [0.717, 1.165) is 17.6 Å². The summed E-state index contributed by atoms with van der Waals surface area (Å²) >= 11 is 7.24. The van der Waals surface area contributed by atoms with Crippen molar-refractivity contribution in [3.8, 4) is 5.75 Å². The van der Waals surface area contributed by atoms with E-state index in [0.29, 0.717) is 29.1 Å². The van der Waals surface area contributed by atoms with Gasteiger partial charge in [0.2, 0.25) is 0 Å². The number of carbonyl (C=O) groups is 3. The molecule has 11 nitrogen and oxygen atoms in total. The van der Waals surface area contributed by atoms with Gasteiger partial charge in [-0.3, -0.25) is 15.4 Å². The molecule has 0 spiro atoms. The van der Waals surface area contributed by atoms with Crippen LogP contribution in [0.15, 0.2) is 41.3 Å². The fourth-order valence-corrected chi connectivity index (χ4v) is 5.25. The van der Waals surface area contributed by atoms with Gasteiger partial charge in [-0.05, 0) is 57.2 Å². The number of halogens is 1. The normalized spacial score (nSPS) is 14.1. The first-order chi connectivity index (χ1) is 17.7. The molecule has 0 radical (unpaired) electrons. The number of amides is 4. The number of aromatic nitrogens is 1. The topological polar surface area (TPSA) is 144 Å². The van der Waals surface area contributed by atoms with Crippen LogP contribution in [-0.4, -0.2) is 67.4 Å². The minimum atomic E-state index is -3.39. The summed E-state index contributed by atoms with van der Waals surface area (Å²) in [6.45, 7) is 6.02. The number of imide groups is 1.